The van der Waals surface area contributed by atoms with Crippen LogP contribution in [0.15, 0.2) is 60.9 Å². The zero-order chi connectivity index (χ0) is 25.2. The Bertz CT molecular complexity index is 1380. The van der Waals surface area contributed by atoms with Crippen LogP contribution in [0, 0.1) is 5.82 Å². The standard InChI is InChI=1S/C27H28FN5O2S/c1-17-15-32(11-12-33(17)27(34)31-18(2)20-5-4-6-22(13-20)35-3)26-25-23(29-16-30-26)14-24(36-25)19-7-9-21(28)10-8-19/h4-10,13-14,16-18H,11-12,15H2,1-3H3,(H,31,34)/t17-,18-/m1/s1. The molecule has 0 radical (unpaired) electrons. The molecule has 1 aliphatic heterocycles. The zero-order valence-electron chi connectivity index (χ0n) is 20.4. The Kier molecular flexibility index (Phi) is 6.73. The van der Waals surface area contributed by atoms with Gasteiger partial charge in [-0.05, 0) is 55.3 Å². The summed E-state index contributed by atoms with van der Waals surface area (Å²) in [4.78, 5) is 27.3. The molecule has 0 saturated carbocycles. The summed E-state index contributed by atoms with van der Waals surface area (Å²) in [7, 11) is 1.63. The third kappa shape index (κ3) is 4.83. The van der Waals surface area contributed by atoms with E-state index in [0.717, 1.165) is 37.8 Å². The average Bonchev–Trinajstić information content (AvgIpc) is 3.33. The molecular weight excluding hydrogens is 477 g/mol. The van der Waals surface area contributed by atoms with E-state index < -0.39 is 0 Å². The third-order valence-electron chi connectivity index (χ3n) is 6.54. The van der Waals surface area contributed by atoms with Crippen LogP contribution >= 0.6 is 11.3 Å². The molecule has 7 nitrogen and oxygen atoms in total. The van der Waals surface area contributed by atoms with E-state index in [-0.39, 0.29) is 23.9 Å². The Morgan fingerprint density at radius 1 is 1.17 bits per heavy atom. The van der Waals surface area contributed by atoms with Crippen molar-refractivity contribution in [2.45, 2.75) is 25.9 Å². The molecule has 0 bridgehead atoms. The van der Waals surface area contributed by atoms with Gasteiger partial charge in [-0.15, -0.1) is 11.3 Å². The van der Waals surface area contributed by atoms with Gasteiger partial charge in [-0.1, -0.05) is 24.3 Å². The highest BCUT2D eigenvalue weighted by Gasteiger charge is 2.30. The van der Waals surface area contributed by atoms with Gasteiger partial charge in [0, 0.05) is 30.6 Å². The molecule has 2 amide bonds. The van der Waals surface area contributed by atoms with Crippen molar-refractivity contribution in [3.63, 3.8) is 0 Å². The molecule has 186 valence electrons. The molecule has 0 spiro atoms. The maximum atomic E-state index is 13.4. The summed E-state index contributed by atoms with van der Waals surface area (Å²) in [6.07, 6.45) is 1.58. The molecule has 3 heterocycles. The Hall–Kier alpha value is -3.72. The van der Waals surface area contributed by atoms with Crippen molar-refractivity contribution >= 4 is 33.4 Å². The van der Waals surface area contributed by atoms with Gasteiger partial charge in [0.2, 0.25) is 0 Å². The second-order valence-electron chi connectivity index (χ2n) is 8.97. The molecule has 1 N–H and O–H groups in total. The van der Waals surface area contributed by atoms with E-state index in [1.54, 1.807) is 36.9 Å². The first-order valence-corrected chi connectivity index (χ1v) is 12.7. The minimum atomic E-state index is -0.255. The van der Waals surface area contributed by atoms with Crippen LogP contribution in [0.1, 0.15) is 25.5 Å². The van der Waals surface area contributed by atoms with Gasteiger partial charge in [0.25, 0.3) is 0 Å². The number of rotatable bonds is 5. The molecule has 1 fully saturated rings. The summed E-state index contributed by atoms with van der Waals surface area (Å²) in [6.45, 7) is 5.94. The fourth-order valence-corrected chi connectivity index (χ4v) is 5.67. The number of thiophene rings is 1. The van der Waals surface area contributed by atoms with E-state index in [2.05, 4.69) is 27.1 Å². The third-order valence-corrected chi connectivity index (χ3v) is 7.71. The lowest BCUT2D eigenvalue weighted by Crippen LogP contribution is -2.57. The van der Waals surface area contributed by atoms with Gasteiger partial charge in [-0.25, -0.2) is 19.2 Å². The fraction of sp³-hybridized carbons (Fsp3) is 0.296. The van der Waals surface area contributed by atoms with E-state index in [4.69, 9.17) is 4.74 Å². The van der Waals surface area contributed by atoms with E-state index in [1.807, 2.05) is 42.2 Å². The number of piperazine rings is 1. The van der Waals surface area contributed by atoms with Crippen molar-refractivity contribution in [3.8, 4) is 16.2 Å². The van der Waals surface area contributed by atoms with Crippen molar-refractivity contribution in [1.82, 2.24) is 20.2 Å². The molecule has 2 atom stereocenters. The number of urea groups is 1. The Morgan fingerprint density at radius 3 is 2.72 bits per heavy atom. The molecule has 5 rings (SSSR count). The fourth-order valence-electron chi connectivity index (χ4n) is 4.54. The van der Waals surface area contributed by atoms with Crippen LogP contribution in [0.4, 0.5) is 15.0 Å². The first-order chi connectivity index (χ1) is 17.4. The number of amides is 2. The smallest absolute Gasteiger partial charge is 0.318 e. The van der Waals surface area contributed by atoms with Gasteiger partial charge in [-0.3, -0.25) is 0 Å². The Balaban J connectivity index is 1.29. The minimum absolute atomic E-state index is 0.00203. The molecule has 1 aliphatic rings. The predicted molar refractivity (Wildman–Crippen MR) is 141 cm³/mol. The number of aromatic nitrogens is 2. The number of hydrogen-bond donors (Lipinski definition) is 1. The number of carbonyl (C=O) groups is 1. The van der Waals surface area contributed by atoms with Crippen molar-refractivity contribution in [3.05, 3.63) is 72.3 Å². The highest BCUT2D eigenvalue weighted by Crippen LogP contribution is 2.37. The van der Waals surface area contributed by atoms with E-state index in [9.17, 15) is 9.18 Å². The highest BCUT2D eigenvalue weighted by atomic mass is 32.1. The molecule has 9 heteroatoms. The van der Waals surface area contributed by atoms with Crippen LogP contribution in [-0.4, -0.2) is 53.7 Å². The maximum Gasteiger partial charge on any atom is 0.318 e. The van der Waals surface area contributed by atoms with Crippen molar-refractivity contribution < 1.29 is 13.9 Å². The lowest BCUT2D eigenvalue weighted by molar-refractivity contribution is 0.168. The van der Waals surface area contributed by atoms with Crippen LogP contribution in [0.3, 0.4) is 0 Å². The first kappa shape index (κ1) is 24.0. The number of anilines is 1. The second kappa shape index (κ2) is 10.1. The van der Waals surface area contributed by atoms with Gasteiger partial charge in [0.1, 0.15) is 23.7 Å². The number of hydrogen-bond acceptors (Lipinski definition) is 6. The molecule has 0 unspecified atom stereocenters. The number of methoxy groups -OCH3 is 1. The summed E-state index contributed by atoms with van der Waals surface area (Å²) in [5, 5.41) is 3.12. The van der Waals surface area contributed by atoms with Crippen molar-refractivity contribution in [2.24, 2.45) is 0 Å². The summed E-state index contributed by atoms with van der Waals surface area (Å²) in [6, 6.07) is 16.0. The summed E-state index contributed by atoms with van der Waals surface area (Å²) in [5.41, 5.74) is 2.81. The SMILES string of the molecule is COc1cccc([C@@H](C)NC(=O)N2CCN(c3ncnc4cc(-c5ccc(F)cc5)sc34)C[C@H]2C)c1. The maximum absolute atomic E-state index is 13.4. The first-order valence-electron chi connectivity index (χ1n) is 11.9. The number of fused-ring (bicyclic) bond motifs is 1. The molecule has 0 aliphatic carbocycles. The lowest BCUT2D eigenvalue weighted by Gasteiger charge is -2.40. The van der Waals surface area contributed by atoms with Crippen LogP contribution in [-0.2, 0) is 0 Å². The largest absolute Gasteiger partial charge is 0.497 e. The summed E-state index contributed by atoms with van der Waals surface area (Å²) < 4.78 is 19.7. The quantitative estimate of drug-likeness (QED) is 0.389. The van der Waals surface area contributed by atoms with Crippen LogP contribution in [0.2, 0.25) is 0 Å². The summed E-state index contributed by atoms with van der Waals surface area (Å²) >= 11 is 1.60. The van der Waals surface area contributed by atoms with E-state index >= 15 is 0 Å². The topological polar surface area (TPSA) is 70.6 Å². The normalized spacial score (nSPS) is 16.7. The zero-order valence-corrected chi connectivity index (χ0v) is 21.3. The molecule has 4 aromatic rings. The van der Waals surface area contributed by atoms with Gasteiger partial charge in [0.15, 0.2) is 0 Å². The predicted octanol–water partition coefficient (Wildman–Crippen LogP) is 5.49. The number of halogens is 1. The van der Waals surface area contributed by atoms with Crippen molar-refractivity contribution in [2.75, 3.05) is 31.6 Å². The van der Waals surface area contributed by atoms with Crippen LogP contribution in [0.5, 0.6) is 5.75 Å². The van der Waals surface area contributed by atoms with Crippen LogP contribution < -0.4 is 15.0 Å². The molecule has 1 saturated heterocycles. The molecule has 36 heavy (non-hydrogen) atoms. The average molecular weight is 506 g/mol. The van der Waals surface area contributed by atoms with E-state index in [1.165, 1.54) is 12.1 Å². The molecule has 2 aromatic heterocycles. The number of ether oxygens (including phenoxy) is 1. The molecule has 2 aromatic carbocycles. The second-order valence-corrected chi connectivity index (χ2v) is 10.0. The molecular formula is C27H28FN5O2S. The van der Waals surface area contributed by atoms with Gasteiger partial charge in [-0.2, -0.15) is 0 Å². The lowest BCUT2D eigenvalue weighted by atomic mass is 10.1. The minimum Gasteiger partial charge on any atom is -0.497 e. The summed E-state index contributed by atoms with van der Waals surface area (Å²) in [5.74, 6) is 1.38. The number of carbonyl (C=O) groups excluding carboxylic acids is 1. The van der Waals surface area contributed by atoms with Crippen molar-refractivity contribution in [1.29, 1.82) is 0 Å². The van der Waals surface area contributed by atoms with Crippen LogP contribution in [0.25, 0.3) is 20.7 Å². The monoisotopic (exact) mass is 505 g/mol. The number of benzene rings is 2. The number of nitrogens with zero attached hydrogens (tertiary/aromatic N) is 4. The van der Waals surface area contributed by atoms with Gasteiger partial charge < -0.3 is 19.9 Å². The highest BCUT2D eigenvalue weighted by molar-refractivity contribution is 7.22. The van der Waals surface area contributed by atoms with E-state index in [0.29, 0.717) is 19.6 Å². The Labute approximate surface area is 213 Å². The number of nitrogens with one attached hydrogen (secondary N) is 1. The van der Waals surface area contributed by atoms with Gasteiger partial charge >= 0.3 is 6.03 Å². The van der Waals surface area contributed by atoms with Gasteiger partial charge in [0.05, 0.1) is 23.4 Å². The Morgan fingerprint density at radius 2 is 1.97 bits per heavy atom.